The number of hydrogen-bond donors (Lipinski definition) is 1. The van der Waals surface area contributed by atoms with E-state index in [4.69, 9.17) is 4.74 Å². The van der Waals surface area contributed by atoms with Gasteiger partial charge in [-0.1, -0.05) is 29.5 Å². The summed E-state index contributed by atoms with van der Waals surface area (Å²) in [6.45, 7) is 1.87. The van der Waals surface area contributed by atoms with Crippen molar-refractivity contribution in [3.05, 3.63) is 59.7 Å². The summed E-state index contributed by atoms with van der Waals surface area (Å²) in [4.78, 5) is 31.4. The molecule has 8 nitrogen and oxygen atoms in total. The van der Waals surface area contributed by atoms with Crippen molar-refractivity contribution in [3.8, 4) is 22.9 Å². The Balaban J connectivity index is 1.48. The Kier molecular flexibility index (Phi) is 4.79. The molecule has 1 fully saturated rings. The number of thiazole rings is 1. The first-order chi connectivity index (χ1) is 15.5. The number of para-hydroxylation sites is 1. The third-order valence-corrected chi connectivity index (χ3v) is 6.33. The van der Waals surface area contributed by atoms with Crippen molar-refractivity contribution < 1.29 is 9.53 Å². The fourth-order valence-corrected chi connectivity index (χ4v) is 4.34. The van der Waals surface area contributed by atoms with Crippen LogP contribution < -0.4 is 10.1 Å². The lowest BCUT2D eigenvalue weighted by Gasteiger charge is -2.13. The van der Waals surface area contributed by atoms with E-state index in [9.17, 15) is 10.1 Å². The molecule has 1 aliphatic carbocycles. The third-order valence-electron chi connectivity index (χ3n) is 5.48. The quantitative estimate of drug-likeness (QED) is 0.491. The maximum Gasteiger partial charge on any atom is 0.259 e. The van der Waals surface area contributed by atoms with E-state index in [0.29, 0.717) is 32.6 Å². The molecule has 0 unspecified atom stereocenters. The van der Waals surface area contributed by atoms with E-state index in [-0.39, 0.29) is 5.91 Å². The minimum absolute atomic E-state index is 0.339. The molecule has 0 radical (unpaired) electrons. The first-order valence-electron chi connectivity index (χ1n) is 10.00. The van der Waals surface area contributed by atoms with Gasteiger partial charge in [0.25, 0.3) is 5.91 Å². The van der Waals surface area contributed by atoms with Crippen LogP contribution in [0.15, 0.2) is 42.7 Å². The molecule has 0 atom stereocenters. The lowest BCUT2D eigenvalue weighted by atomic mass is 9.99. The highest BCUT2D eigenvalue weighted by Gasteiger charge is 2.46. The zero-order valence-corrected chi connectivity index (χ0v) is 18.2. The van der Waals surface area contributed by atoms with Gasteiger partial charge in [-0.25, -0.2) is 9.97 Å². The highest BCUT2D eigenvalue weighted by Crippen LogP contribution is 2.46. The molecule has 9 heteroatoms. The van der Waals surface area contributed by atoms with Crippen LogP contribution in [-0.2, 0) is 5.41 Å². The van der Waals surface area contributed by atoms with E-state index in [1.807, 2.05) is 37.3 Å². The second-order valence-corrected chi connectivity index (χ2v) is 8.60. The minimum Gasteiger partial charge on any atom is -0.496 e. The highest BCUT2D eigenvalue weighted by molar-refractivity contribution is 7.21. The average Bonchev–Trinajstić information content (AvgIpc) is 3.51. The summed E-state index contributed by atoms with van der Waals surface area (Å²) in [6.07, 6.45) is 4.74. The predicted octanol–water partition coefficient (Wildman–Crippen LogP) is 4.27. The molecule has 1 N–H and O–H groups in total. The summed E-state index contributed by atoms with van der Waals surface area (Å²) in [6, 6.07) is 11.7. The number of anilines is 1. The van der Waals surface area contributed by atoms with Crippen molar-refractivity contribution in [2.24, 2.45) is 0 Å². The van der Waals surface area contributed by atoms with Gasteiger partial charge in [-0.05, 0) is 31.9 Å². The summed E-state index contributed by atoms with van der Waals surface area (Å²) >= 11 is 1.23. The largest absolute Gasteiger partial charge is 0.496 e. The molecule has 5 rings (SSSR count). The van der Waals surface area contributed by atoms with E-state index in [1.54, 1.807) is 19.5 Å². The van der Waals surface area contributed by atoms with Crippen molar-refractivity contribution in [2.75, 3.05) is 12.4 Å². The molecule has 1 saturated carbocycles. The number of ether oxygens (including phenoxy) is 1. The molecule has 1 aromatic carbocycles. The molecule has 0 aliphatic heterocycles. The fraction of sp³-hybridized carbons (Fsp3) is 0.217. The Morgan fingerprint density at radius 2 is 2.00 bits per heavy atom. The van der Waals surface area contributed by atoms with Gasteiger partial charge in [0.05, 0.1) is 30.6 Å². The zero-order chi connectivity index (χ0) is 22.3. The summed E-state index contributed by atoms with van der Waals surface area (Å²) in [5.41, 5.74) is 3.29. The lowest BCUT2D eigenvalue weighted by Crippen LogP contribution is -2.14. The Morgan fingerprint density at radius 3 is 2.75 bits per heavy atom. The Labute approximate surface area is 188 Å². The molecule has 0 spiro atoms. The van der Waals surface area contributed by atoms with Crippen molar-refractivity contribution >= 4 is 32.9 Å². The zero-order valence-electron chi connectivity index (χ0n) is 17.4. The van der Waals surface area contributed by atoms with E-state index >= 15 is 0 Å². The lowest BCUT2D eigenvalue weighted by molar-refractivity contribution is 0.102. The number of methoxy groups -OCH3 is 1. The van der Waals surface area contributed by atoms with E-state index < -0.39 is 5.41 Å². The number of nitriles is 1. The second kappa shape index (κ2) is 7.66. The summed E-state index contributed by atoms with van der Waals surface area (Å²) in [5.74, 6) is 0.327. The summed E-state index contributed by atoms with van der Waals surface area (Å²) < 4.78 is 5.48. The minimum atomic E-state index is -0.522. The van der Waals surface area contributed by atoms with Crippen LogP contribution in [0.1, 0.15) is 34.6 Å². The molecule has 3 heterocycles. The average molecular weight is 443 g/mol. The molecule has 4 aromatic rings. The first kappa shape index (κ1) is 20.0. The van der Waals surface area contributed by atoms with Gasteiger partial charge in [0, 0.05) is 23.0 Å². The number of hydrogen-bond acceptors (Lipinski definition) is 8. The number of amides is 1. The number of fused-ring (bicyclic) bond motifs is 1. The number of carbonyl (C=O) groups excluding carboxylic acids is 1. The van der Waals surface area contributed by atoms with Crippen LogP contribution in [0, 0.1) is 18.3 Å². The monoisotopic (exact) mass is 442 g/mol. The molecule has 0 saturated heterocycles. The SMILES string of the molecule is COc1ccccc1-c1cc(C)ncc1C(=O)Nc1nc2ncc(C3(C#N)CC3)nc2s1. The predicted molar refractivity (Wildman–Crippen MR) is 121 cm³/mol. The molecular weight excluding hydrogens is 424 g/mol. The Morgan fingerprint density at radius 1 is 1.19 bits per heavy atom. The number of nitrogens with zero attached hydrogens (tertiary/aromatic N) is 5. The van der Waals surface area contributed by atoms with Gasteiger partial charge in [0.2, 0.25) is 0 Å². The van der Waals surface area contributed by atoms with Crippen LogP contribution in [0.5, 0.6) is 5.75 Å². The fourth-order valence-electron chi connectivity index (χ4n) is 3.55. The molecule has 1 amide bonds. The maximum atomic E-state index is 13.2. The van der Waals surface area contributed by atoms with E-state index in [0.717, 1.165) is 29.7 Å². The van der Waals surface area contributed by atoms with Crippen LogP contribution in [0.3, 0.4) is 0 Å². The number of nitrogens with one attached hydrogen (secondary N) is 1. The molecular formula is C23H18N6O2S. The smallest absolute Gasteiger partial charge is 0.259 e. The van der Waals surface area contributed by atoms with Gasteiger partial charge < -0.3 is 4.74 Å². The number of rotatable bonds is 5. The highest BCUT2D eigenvalue weighted by atomic mass is 32.1. The summed E-state index contributed by atoms with van der Waals surface area (Å²) in [5, 5.41) is 12.6. The number of aromatic nitrogens is 4. The molecule has 32 heavy (non-hydrogen) atoms. The number of carbonyl (C=O) groups is 1. The standard InChI is InChI=1S/C23H18N6O2S/c1-13-9-15(14-5-3-4-6-17(14)31-2)16(10-25-13)20(30)29-22-28-19-21(32-22)27-18(11-26-19)23(12-24)7-8-23/h3-6,9-11H,7-8H2,1-2H3,(H,26,28,29,30). The van der Waals surface area contributed by atoms with Crippen molar-refractivity contribution in [2.45, 2.75) is 25.2 Å². The van der Waals surface area contributed by atoms with Crippen molar-refractivity contribution in [1.29, 1.82) is 5.26 Å². The summed E-state index contributed by atoms with van der Waals surface area (Å²) in [7, 11) is 1.60. The molecule has 0 bridgehead atoms. The van der Waals surface area contributed by atoms with Crippen LogP contribution in [0.2, 0.25) is 0 Å². The van der Waals surface area contributed by atoms with Crippen LogP contribution in [-0.4, -0.2) is 33.0 Å². The Hall–Kier alpha value is -3.90. The van der Waals surface area contributed by atoms with E-state index in [1.165, 1.54) is 11.3 Å². The first-order valence-corrected chi connectivity index (χ1v) is 10.8. The van der Waals surface area contributed by atoms with Crippen molar-refractivity contribution in [3.63, 3.8) is 0 Å². The van der Waals surface area contributed by atoms with Gasteiger partial charge in [-0.3, -0.25) is 15.1 Å². The van der Waals surface area contributed by atoms with Gasteiger partial charge in [0.15, 0.2) is 15.6 Å². The van der Waals surface area contributed by atoms with Crippen LogP contribution in [0.25, 0.3) is 21.6 Å². The van der Waals surface area contributed by atoms with Crippen LogP contribution >= 0.6 is 11.3 Å². The van der Waals surface area contributed by atoms with Gasteiger partial charge in [-0.2, -0.15) is 10.2 Å². The molecule has 158 valence electrons. The topological polar surface area (TPSA) is 114 Å². The normalized spacial score (nSPS) is 14.0. The van der Waals surface area contributed by atoms with Gasteiger partial charge >= 0.3 is 0 Å². The Bertz CT molecular complexity index is 1400. The third kappa shape index (κ3) is 3.44. The number of benzene rings is 1. The molecule has 1 aliphatic rings. The van der Waals surface area contributed by atoms with Gasteiger partial charge in [0.1, 0.15) is 11.2 Å². The van der Waals surface area contributed by atoms with Crippen LogP contribution in [0.4, 0.5) is 5.13 Å². The number of aryl methyl sites for hydroxylation is 1. The van der Waals surface area contributed by atoms with Gasteiger partial charge in [-0.15, -0.1) is 0 Å². The second-order valence-electron chi connectivity index (χ2n) is 7.62. The van der Waals surface area contributed by atoms with E-state index in [2.05, 4.69) is 31.3 Å². The number of pyridine rings is 1. The van der Waals surface area contributed by atoms with Crippen molar-refractivity contribution in [1.82, 2.24) is 19.9 Å². The maximum absolute atomic E-state index is 13.2. The molecule has 3 aromatic heterocycles.